The molecule has 0 fully saturated rings. The molecule has 1 amide bonds. The van der Waals surface area contributed by atoms with Crippen LogP contribution in [0.2, 0.25) is 0 Å². The molecule has 0 spiro atoms. The molecule has 0 radical (unpaired) electrons. The van der Waals surface area contributed by atoms with Crippen molar-refractivity contribution < 1.29 is 9.53 Å². The number of carbonyl (C=O) groups is 1. The molecule has 0 aliphatic heterocycles. The van der Waals surface area contributed by atoms with E-state index in [0.717, 1.165) is 11.3 Å². The van der Waals surface area contributed by atoms with E-state index in [0.29, 0.717) is 34.6 Å². The summed E-state index contributed by atoms with van der Waals surface area (Å²) in [6, 6.07) is 7.52. The summed E-state index contributed by atoms with van der Waals surface area (Å²) in [4.78, 5) is 16.7. The molecule has 1 aromatic heterocycles. The van der Waals surface area contributed by atoms with Crippen LogP contribution < -0.4 is 15.9 Å². The number of benzene rings is 1. The Hall–Kier alpha value is -2.41. The fourth-order valence-electron chi connectivity index (χ4n) is 1.92. The van der Waals surface area contributed by atoms with Gasteiger partial charge < -0.3 is 10.5 Å². The van der Waals surface area contributed by atoms with Gasteiger partial charge in [0.2, 0.25) is 0 Å². The van der Waals surface area contributed by atoms with Crippen molar-refractivity contribution in [2.45, 2.75) is 27.2 Å². The molecule has 0 aliphatic rings. The lowest BCUT2D eigenvalue weighted by atomic mass is 10.2. The van der Waals surface area contributed by atoms with Crippen molar-refractivity contribution in [3.63, 3.8) is 0 Å². The molecule has 7 heteroatoms. The predicted octanol–water partition coefficient (Wildman–Crippen LogP) is 3.09. The number of carbonyl (C=O) groups excluding carboxylic acids is 1. The first-order valence-electron chi connectivity index (χ1n) is 7.81. The van der Waals surface area contributed by atoms with Gasteiger partial charge in [-0.1, -0.05) is 32.1 Å². The summed E-state index contributed by atoms with van der Waals surface area (Å²) in [7, 11) is 0. The first-order valence-corrected chi connectivity index (χ1v) is 8.62. The first kappa shape index (κ1) is 17.9. The third kappa shape index (κ3) is 5.06. The van der Waals surface area contributed by atoms with Gasteiger partial charge in [0, 0.05) is 0 Å². The van der Waals surface area contributed by atoms with E-state index in [-0.39, 0.29) is 5.91 Å². The summed E-state index contributed by atoms with van der Waals surface area (Å²) in [5.41, 5.74) is 9.71. The zero-order valence-corrected chi connectivity index (χ0v) is 14.9. The van der Waals surface area contributed by atoms with Crippen molar-refractivity contribution >= 4 is 28.6 Å². The van der Waals surface area contributed by atoms with Gasteiger partial charge in [0.15, 0.2) is 5.13 Å². The van der Waals surface area contributed by atoms with Gasteiger partial charge in [0.05, 0.1) is 18.5 Å². The van der Waals surface area contributed by atoms with Gasteiger partial charge >= 0.3 is 0 Å². The van der Waals surface area contributed by atoms with Crippen LogP contribution >= 0.6 is 11.3 Å². The lowest BCUT2D eigenvalue weighted by Crippen LogP contribution is -2.17. The van der Waals surface area contributed by atoms with Gasteiger partial charge in [0.1, 0.15) is 10.6 Å². The fraction of sp³-hybridized carbons (Fsp3) is 0.353. The Morgan fingerprint density at radius 2 is 2.12 bits per heavy atom. The van der Waals surface area contributed by atoms with Gasteiger partial charge in [-0.3, -0.25) is 4.79 Å². The number of rotatable bonds is 7. The number of nitrogens with two attached hydrogens (primary N) is 1. The number of anilines is 1. The SMILES string of the molecule is CCc1nc(N)sc1C(=O)NN=Cc1ccc(OCC(C)C)cc1. The minimum atomic E-state index is -0.297. The van der Waals surface area contributed by atoms with E-state index in [2.05, 4.69) is 29.4 Å². The summed E-state index contributed by atoms with van der Waals surface area (Å²) in [6.07, 6.45) is 2.23. The molecule has 1 aromatic carbocycles. The molecular weight excluding hydrogens is 324 g/mol. The number of hydrazone groups is 1. The highest BCUT2D eigenvalue weighted by Gasteiger charge is 2.15. The lowest BCUT2D eigenvalue weighted by molar-refractivity contribution is 0.0958. The molecule has 0 bridgehead atoms. The van der Waals surface area contributed by atoms with Gasteiger partial charge in [-0.2, -0.15) is 5.10 Å². The van der Waals surface area contributed by atoms with Crippen molar-refractivity contribution in [1.29, 1.82) is 0 Å². The molecule has 1 heterocycles. The maximum atomic E-state index is 12.1. The van der Waals surface area contributed by atoms with E-state index < -0.39 is 0 Å². The molecule has 24 heavy (non-hydrogen) atoms. The summed E-state index contributed by atoms with van der Waals surface area (Å²) in [6.45, 7) is 6.81. The van der Waals surface area contributed by atoms with E-state index in [1.165, 1.54) is 11.3 Å². The van der Waals surface area contributed by atoms with Crippen LogP contribution in [0.15, 0.2) is 29.4 Å². The summed E-state index contributed by atoms with van der Waals surface area (Å²) < 4.78 is 5.62. The highest BCUT2D eigenvalue weighted by atomic mass is 32.1. The zero-order valence-electron chi connectivity index (χ0n) is 14.1. The monoisotopic (exact) mass is 346 g/mol. The molecule has 128 valence electrons. The standard InChI is InChI=1S/C17H22N4O2S/c1-4-14-15(24-17(18)20-14)16(22)21-19-9-12-5-7-13(8-6-12)23-10-11(2)3/h5-9,11H,4,10H2,1-3H3,(H2,18,20)(H,21,22). The average molecular weight is 346 g/mol. The Labute approximate surface area is 145 Å². The number of nitrogens with one attached hydrogen (secondary N) is 1. The predicted molar refractivity (Wildman–Crippen MR) is 97.7 cm³/mol. The van der Waals surface area contributed by atoms with E-state index in [4.69, 9.17) is 10.5 Å². The van der Waals surface area contributed by atoms with Gasteiger partial charge in [-0.15, -0.1) is 0 Å². The number of hydrogen-bond donors (Lipinski definition) is 2. The lowest BCUT2D eigenvalue weighted by Gasteiger charge is -2.08. The normalized spacial score (nSPS) is 11.2. The van der Waals surface area contributed by atoms with Gasteiger partial charge in [-0.25, -0.2) is 10.4 Å². The summed E-state index contributed by atoms with van der Waals surface area (Å²) >= 11 is 1.17. The van der Waals surface area contributed by atoms with Gasteiger partial charge in [-0.05, 0) is 42.2 Å². The maximum absolute atomic E-state index is 12.1. The van der Waals surface area contributed by atoms with Crippen LogP contribution in [0.4, 0.5) is 5.13 Å². The van der Waals surface area contributed by atoms with E-state index in [1.54, 1.807) is 6.21 Å². The third-order valence-electron chi connectivity index (χ3n) is 3.10. The Morgan fingerprint density at radius 3 is 2.75 bits per heavy atom. The second-order valence-electron chi connectivity index (χ2n) is 5.65. The van der Waals surface area contributed by atoms with Crippen LogP contribution in [0.25, 0.3) is 0 Å². The average Bonchev–Trinajstić information content (AvgIpc) is 2.95. The van der Waals surface area contributed by atoms with Crippen LogP contribution in [0.1, 0.15) is 41.7 Å². The number of aromatic nitrogens is 1. The van der Waals surface area contributed by atoms with E-state index in [1.807, 2.05) is 31.2 Å². The van der Waals surface area contributed by atoms with Crippen LogP contribution in [0.5, 0.6) is 5.75 Å². The van der Waals surface area contributed by atoms with Crippen molar-refractivity contribution in [2.75, 3.05) is 12.3 Å². The highest BCUT2D eigenvalue weighted by Crippen LogP contribution is 2.20. The molecule has 2 aromatic rings. The minimum Gasteiger partial charge on any atom is -0.493 e. The molecule has 0 saturated heterocycles. The Kier molecular flexibility index (Phi) is 6.31. The largest absolute Gasteiger partial charge is 0.493 e. The van der Waals surface area contributed by atoms with E-state index in [9.17, 15) is 4.79 Å². The molecule has 0 unspecified atom stereocenters. The topological polar surface area (TPSA) is 89.6 Å². The van der Waals surface area contributed by atoms with Crippen LogP contribution in [-0.2, 0) is 6.42 Å². The van der Waals surface area contributed by atoms with Crippen molar-refractivity contribution in [2.24, 2.45) is 11.0 Å². The number of nitrogens with zero attached hydrogens (tertiary/aromatic N) is 2. The fourth-order valence-corrected chi connectivity index (χ4v) is 2.73. The smallest absolute Gasteiger partial charge is 0.283 e. The number of thiazole rings is 1. The Balaban J connectivity index is 1.92. The zero-order chi connectivity index (χ0) is 17.5. The second-order valence-corrected chi connectivity index (χ2v) is 6.69. The minimum absolute atomic E-state index is 0.297. The molecule has 0 aliphatic carbocycles. The molecule has 2 rings (SSSR count). The van der Waals surface area contributed by atoms with Crippen LogP contribution in [-0.4, -0.2) is 23.7 Å². The summed E-state index contributed by atoms with van der Waals surface area (Å²) in [5, 5.41) is 4.37. The quantitative estimate of drug-likeness (QED) is 0.595. The number of amides is 1. The third-order valence-corrected chi connectivity index (χ3v) is 4.02. The van der Waals surface area contributed by atoms with Crippen molar-refractivity contribution in [3.8, 4) is 5.75 Å². The molecule has 0 saturated carbocycles. The molecule has 3 N–H and O–H groups in total. The maximum Gasteiger partial charge on any atom is 0.283 e. The molecule has 0 atom stereocenters. The Morgan fingerprint density at radius 1 is 1.42 bits per heavy atom. The number of aryl methyl sites for hydroxylation is 1. The second kappa shape index (κ2) is 8.44. The Bertz CT molecular complexity index is 708. The summed E-state index contributed by atoms with van der Waals surface area (Å²) in [5.74, 6) is 1.00. The van der Waals surface area contributed by atoms with Crippen molar-refractivity contribution in [3.05, 3.63) is 40.4 Å². The van der Waals surface area contributed by atoms with Crippen LogP contribution in [0.3, 0.4) is 0 Å². The molecular formula is C17H22N4O2S. The number of hydrogen-bond acceptors (Lipinski definition) is 6. The van der Waals surface area contributed by atoms with Crippen LogP contribution in [0, 0.1) is 5.92 Å². The molecule has 6 nitrogen and oxygen atoms in total. The number of nitrogen functional groups attached to an aromatic ring is 1. The first-order chi connectivity index (χ1) is 11.5. The van der Waals surface area contributed by atoms with Gasteiger partial charge in [0.25, 0.3) is 5.91 Å². The van der Waals surface area contributed by atoms with Crippen molar-refractivity contribution in [1.82, 2.24) is 10.4 Å². The van der Waals surface area contributed by atoms with E-state index >= 15 is 0 Å². The highest BCUT2D eigenvalue weighted by molar-refractivity contribution is 7.17. The number of ether oxygens (including phenoxy) is 1.